The molecule has 174 valence electrons. The Labute approximate surface area is 196 Å². The average Bonchev–Trinajstić information content (AvgIpc) is 3.41. The molecule has 7 nitrogen and oxygen atoms in total. The minimum Gasteiger partial charge on any atom is -0.760 e. The van der Waals surface area contributed by atoms with Gasteiger partial charge in [-0.2, -0.15) is 5.10 Å². The van der Waals surface area contributed by atoms with E-state index in [0.29, 0.717) is 18.9 Å². The predicted octanol–water partition coefficient (Wildman–Crippen LogP) is 2.65. The number of aliphatic hydroxyl groups excluding tert-OH is 1. The standard InChI is InChI=1S/C25H30N4O3S/c30-24-13-22-5-1-2-7-23(22)25(24)29-17-19(14-26-29)16-28-10-8-20(9-11-28)21-6-3-4-18(12-21)15-27-33(31)32/h1-7,12,14,17,20,24-25,27,30H,8-11,13,15-16H2,(H,31,32)/p-1/t24-,25-/m1/s1. The molecule has 2 N–H and O–H groups in total. The Morgan fingerprint density at radius 3 is 2.76 bits per heavy atom. The Kier molecular flexibility index (Phi) is 6.71. The van der Waals surface area contributed by atoms with Gasteiger partial charge in [0.2, 0.25) is 0 Å². The maximum absolute atomic E-state index is 10.8. The van der Waals surface area contributed by atoms with Crippen LogP contribution in [0.2, 0.25) is 0 Å². The lowest BCUT2D eigenvalue weighted by Crippen LogP contribution is -2.32. The molecular formula is C25H29N4O3S-. The molecule has 1 fully saturated rings. The van der Waals surface area contributed by atoms with Crippen molar-refractivity contribution in [1.82, 2.24) is 19.4 Å². The lowest BCUT2D eigenvalue weighted by molar-refractivity contribution is 0.138. The minimum absolute atomic E-state index is 0.110. The molecule has 0 amide bonds. The van der Waals surface area contributed by atoms with Crippen molar-refractivity contribution in [2.45, 2.75) is 50.4 Å². The first kappa shape index (κ1) is 22.4. The summed E-state index contributed by atoms with van der Waals surface area (Å²) < 4.78 is 25.9. The van der Waals surface area contributed by atoms with Crippen LogP contribution in [0.1, 0.15) is 52.6 Å². The molecule has 1 saturated heterocycles. The molecule has 1 aromatic heterocycles. The van der Waals surface area contributed by atoms with Crippen molar-refractivity contribution >= 4 is 11.3 Å². The Balaban J connectivity index is 1.18. The van der Waals surface area contributed by atoms with Gasteiger partial charge in [-0.3, -0.25) is 13.8 Å². The normalized spacial score (nSPS) is 22.4. The maximum Gasteiger partial charge on any atom is 0.103 e. The monoisotopic (exact) mass is 465 g/mol. The Morgan fingerprint density at radius 2 is 1.94 bits per heavy atom. The second-order valence-electron chi connectivity index (χ2n) is 9.09. The van der Waals surface area contributed by atoms with E-state index in [0.717, 1.165) is 38.0 Å². The van der Waals surface area contributed by atoms with E-state index < -0.39 is 17.4 Å². The Morgan fingerprint density at radius 1 is 1.12 bits per heavy atom. The molecule has 3 atom stereocenters. The molecule has 0 saturated carbocycles. The van der Waals surface area contributed by atoms with Crippen LogP contribution in [0.3, 0.4) is 0 Å². The van der Waals surface area contributed by atoms with Crippen LogP contribution in [0.15, 0.2) is 60.9 Å². The summed E-state index contributed by atoms with van der Waals surface area (Å²) in [6.07, 6.45) is 6.40. The number of hydrogen-bond acceptors (Lipinski definition) is 5. The van der Waals surface area contributed by atoms with Gasteiger partial charge in [0, 0.05) is 42.5 Å². The summed E-state index contributed by atoms with van der Waals surface area (Å²) in [6.45, 7) is 3.21. The molecular weight excluding hydrogens is 436 g/mol. The first-order chi connectivity index (χ1) is 16.1. The molecule has 2 aliphatic rings. The fourth-order valence-corrected chi connectivity index (χ4v) is 5.55. The van der Waals surface area contributed by atoms with E-state index in [1.165, 1.54) is 22.3 Å². The quantitative estimate of drug-likeness (QED) is 0.524. The maximum atomic E-state index is 10.8. The van der Waals surface area contributed by atoms with E-state index in [4.69, 9.17) is 0 Å². The van der Waals surface area contributed by atoms with Crippen molar-refractivity contribution in [3.8, 4) is 0 Å². The second-order valence-corrected chi connectivity index (χ2v) is 9.85. The lowest BCUT2D eigenvalue weighted by Gasteiger charge is -2.32. The zero-order valence-electron chi connectivity index (χ0n) is 18.5. The average molecular weight is 466 g/mol. The lowest BCUT2D eigenvalue weighted by atomic mass is 9.88. The van der Waals surface area contributed by atoms with E-state index in [-0.39, 0.29) is 6.04 Å². The molecule has 2 heterocycles. The van der Waals surface area contributed by atoms with Crippen LogP contribution in [-0.2, 0) is 30.8 Å². The number of fused-ring (bicyclic) bond motifs is 1. The van der Waals surface area contributed by atoms with Gasteiger partial charge < -0.3 is 9.66 Å². The van der Waals surface area contributed by atoms with Gasteiger partial charge in [-0.15, -0.1) is 0 Å². The number of hydrogen-bond donors (Lipinski definition) is 2. The first-order valence-electron chi connectivity index (χ1n) is 11.5. The molecule has 33 heavy (non-hydrogen) atoms. The van der Waals surface area contributed by atoms with E-state index in [1.807, 2.05) is 35.1 Å². The van der Waals surface area contributed by atoms with Crippen LogP contribution in [0, 0.1) is 0 Å². The number of nitrogens with zero attached hydrogens (tertiary/aromatic N) is 3. The highest BCUT2D eigenvalue weighted by Gasteiger charge is 2.32. The summed E-state index contributed by atoms with van der Waals surface area (Å²) in [5.41, 5.74) is 5.81. The molecule has 3 aromatic rings. The van der Waals surface area contributed by atoms with Gasteiger partial charge in [0.05, 0.1) is 12.3 Å². The molecule has 1 aliphatic heterocycles. The third-order valence-electron chi connectivity index (χ3n) is 6.92. The molecule has 2 aromatic carbocycles. The summed E-state index contributed by atoms with van der Waals surface area (Å²) in [4.78, 5) is 2.46. The van der Waals surface area contributed by atoms with Crippen LogP contribution >= 0.6 is 0 Å². The Bertz CT molecular complexity index is 1130. The van der Waals surface area contributed by atoms with Gasteiger partial charge in [0.15, 0.2) is 0 Å². The minimum atomic E-state index is -2.24. The molecule has 1 unspecified atom stereocenters. The number of nitrogens with one attached hydrogen (secondary N) is 1. The van der Waals surface area contributed by atoms with Crippen LogP contribution in [0.5, 0.6) is 0 Å². The zero-order valence-corrected chi connectivity index (χ0v) is 19.3. The summed E-state index contributed by atoms with van der Waals surface area (Å²) in [5.74, 6) is 0.492. The van der Waals surface area contributed by atoms with Crippen molar-refractivity contribution < 1.29 is 13.9 Å². The van der Waals surface area contributed by atoms with E-state index in [2.05, 4.69) is 45.2 Å². The Hall–Kier alpha value is -2.36. The van der Waals surface area contributed by atoms with Gasteiger partial charge in [0.25, 0.3) is 0 Å². The number of likely N-dealkylation sites (tertiary alicyclic amines) is 1. The SMILES string of the molecule is O=S([O-])NCc1cccc(C2CCN(Cc3cnn([C@@H]4c5ccccc5C[C@H]4O)c3)CC2)c1. The highest BCUT2D eigenvalue weighted by molar-refractivity contribution is 7.77. The van der Waals surface area contributed by atoms with Crippen LogP contribution in [0.4, 0.5) is 0 Å². The number of benzene rings is 2. The molecule has 0 spiro atoms. The molecule has 0 radical (unpaired) electrons. The molecule has 1 aliphatic carbocycles. The van der Waals surface area contributed by atoms with Gasteiger partial charge in [-0.05, 0) is 54.1 Å². The third-order valence-corrected chi connectivity index (χ3v) is 7.30. The number of aliphatic hydroxyl groups is 1. The number of piperidine rings is 1. The van der Waals surface area contributed by atoms with Crippen molar-refractivity contribution in [3.05, 3.63) is 88.7 Å². The van der Waals surface area contributed by atoms with Crippen molar-refractivity contribution in [3.63, 3.8) is 0 Å². The largest absolute Gasteiger partial charge is 0.760 e. The van der Waals surface area contributed by atoms with E-state index in [9.17, 15) is 13.9 Å². The summed E-state index contributed by atoms with van der Waals surface area (Å²) in [6, 6.07) is 16.3. The highest BCUT2D eigenvalue weighted by atomic mass is 32.2. The number of rotatable bonds is 7. The first-order valence-corrected chi connectivity index (χ1v) is 12.6. The van der Waals surface area contributed by atoms with E-state index >= 15 is 0 Å². The fraction of sp³-hybridized carbons (Fsp3) is 0.400. The second kappa shape index (κ2) is 9.87. The van der Waals surface area contributed by atoms with Gasteiger partial charge >= 0.3 is 0 Å². The van der Waals surface area contributed by atoms with E-state index in [1.54, 1.807) is 0 Å². The summed E-state index contributed by atoms with van der Waals surface area (Å²) in [5, 5.41) is 15.2. The summed E-state index contributed by atoms with van der Waals surface area (Å²) >= 11 is -2.24. The highest BCUT2D eigenvalue weighted by Crippen LogP contribution is 2.34. The van der Waals surface area contributed by atoms with Gasteiger partial charge in [-0.25, -0.2) is 4.72 Å². The number of aromatic nitrogens is 2. The molecule has 0 bridgehead atoms. The third kappa shape index (κ3) is 5.10. The van der Waals surface area contributed by atoms with Crippen LogP contribution < -0.4 is 4.72 Å². The van der Waals surface area contributed by atoms with Crippen molar-refractivity contribution in [2.24, 2.45) is 0 Å². The van der Waals surface area contributed by atoms with Gasteiger partial charge in [0.1, 0.15) is 6.04 Å². The van der Waals surface area contributed by atoms with Crippen LogP contribution in [0.25, 0.3) is 0 Å². The fourth-order valence-electron chi connectivity index (χ4n) is 5.26. The van der Waals surface area contributed by atoms with Crippen LogP contribution in [-0.4, -0.2) is 47.7 Å². The topological polar surface area (TPSA) is 93.5 Å². The van der Waals surface area contributed by atoms with Crippen molar-refractivity contribution in [2.75, 3.05) is 13.1 Å². The molecule has 8 heteroatoms. The zero-order chi connectivity index (χ0) is 22.8. The smallest absolute Gasteiger partial charge is 0.103 e. The van der Waals surface area contributed by atoms with Crippen molar-refractivity contribution in [1.29, 1.82) is 0 Å². The predicted molar refractivity (Wildman–Crippen MR) is 126 cm³/mol. The van der Waals surface area contributed by atoms with Gasteiger partial charge in [-0.1, -0.05) is 48.5 Å². The summed E-state index contributed by atoms with van der Waals surface area (Å²) in [7, 11) is 0. The molecule has 5 rings (SSSR count).